The molecule has 1 aromatic heterocycles. The van der Waals surface area contributed by atoms with Crippen molar-refractivity contribution in [2.24, 2.45) is 0 Å². The number of carbonyl (C=O) groups excluding carboxylic acids is 1. The normalized spacial score (nSPS) is 10.8. The van der Waals surface area contributed by atoms with E-state index in [4.69, 9.17) is 4.74 Å². The summed E-state index contributed by atoms with van der Waals surface area (Å²) in [6, 6.07) is 17.8. The van der Waals surface area contributed by atoms with Crippen LogP contribution in [0.5, 0.6) is 5.75 Å². The number of nitrogens with zero attached hydrogens (tertiary/aromatic N) is 2. The Balaban J connectivity index is 1.73. The van der Waals surface area contributed by atoms with Crippen LogP contribution in [-0.4, -0.2) is 22.3 Å². The zero-order chi connectivity index (χ0) is 19.9. The number of aryl methyl sites for hydroxylation is 1. The zero-order valence-corrected chi connectivity index (χ0v) is 16.9. The van der Waals surface area contributed by atoms with Gasteiger partial charge in [0.2, 0.25) is 0 Å². The molecule has 0 aliphatic carbocycles. The fraction of sp³-hybridized carbons (Fsp3) is 0.333. The van der Waals surface area contributed by atoms with E-state index < -0.39 is 0 Å². The molecule has 3 rings (SSSR count). The molecule has 146 valence electrons. The van der Waals surface area contributed by atoms with E-state index in [0.717, 1.165) is 35.4 Å². The van der Waals surface area contributed by atoms with E-state index in [0.29, 0.717) is 5.75 Å². The molecular weight excluding hydrogens is 348 g/mol. The van der Waals surface area contributed by atoms with E-state index in [9.17, 15) is 4.79 Å². The van der Waals surface area contributed by atoms with Gasteiger partial charge in [-0.05, 0) is 43.9 Å². The number of hydrogen-bond donors (Lipinski definition) is 0. The molecule has 0 radical (unpaired) electrons. The van der Waals surface area contributed by atoms with Crippen LogP contribution in [0.1, 0.15) is 47.9 Å². The van der Waals surface area contributed by atoms with Gasteiger partial charge in [0.25, 0.3) is 5.91 Å². The molecule has 0 aliphatic rings. The summed E-state index contributed by atoms with van der Waals surface area (Å²) < 4.78 is 7.40. The molecule has 0 bridgehead atoms. The van der Waals surface area contributed by atoms with Gasteiger partial charge in [0.05, 0.1) is 5.69 Å². The van der Waals surface area contributed by atoms with Gasteiger partial charge in [-0.1, -0.05) is 68.3 Å². The number of carbonyl (C=O) groups is 1. The minimum atomic E-state index is -0.148. The number of para-hydroxylation sites is 1. The third kappa shape index (κ3) is 4.50. The monoisotopic (exact) mass is 376 g/mol. The van der Waals surface area contributed by atoms with Crippen molar-refractivity contribution in [1.29, 1.82) is 0 Å². The van der Waals surface area contributed by atoms with E-state index in [1.165, 1.54) is 23.1 Å². The second kappa shape index (κ2) is 9.36. The van der Waals surface area contributed by atoms with Gasteiger partial charge in [0.15, 0.2) is 6.61 Å². The molecule has 0 unspecified atom stereocenters. The third-order valence-electron chi connectivity index (χ3n) is 5.03. The van der Waals surface area contributed by atoms with Crippen molar-refractivity contribution in [2.75, 3.05) is 6.61 Å². The highest BCUT2D eigenvalue weighted by Crippen LogP contribution is 2.29. The van der Waals surface area contributed by atoms with Crippen molar-refractivity contribution in [3.63, 3.8) is 0 Å². The van der Waals surface area contributed by atoms with Gasteiger partial charge in [-0.25, -0.2) is 4.68 Å². The average Bonchev–Trinajstić information content (AvgIpc) is 3.01. The Morgan fingerprint density at radius 2 is 1.71 bits per heavy atom. The molecule has 2 aromatic carbocycles. The second-order valence-corrected chi connectivity index (χ2v) is 7.06. The van der Waals surface area contributed by atoms with E-state index in [2.05, 4.69) is 12.0 Å². The van der Waals surface area contributed by atoms with Crippen molar-refractivity contribution in [3.8, 4) is 16.9 Å². The SMILES string of the molecule is CCCCCc1c(C)nn(C(=O)COc2ccccc2-c2ccccc2)c1C. The van der Waals surface area contributed by atoms with Crippen LogP contribution in [0.25, 0.3) is 11.1 Å². The molecule has 0 N–H and O–H groups in total. The zero-order valence-electron chi connectivity index (χ0n) is 16.9. The Labute approximate surface area is 167 Å². The Morgan fingerprint density at radius 3 is 2.46 bits per heavy atom. The summed E-state index contributed by atoms with van der Waals surface area (Å²) in [6.45, 7) is 6.10. The van der Waals surface area contributed by atoms with Gasteiger partial charge >= 0.3 is 0 Å². The van der Waals surface area contributed by atoms with E-state index in [1.807, 2.05) is 68.4 Å². The second-order valence-electron chi connectivity index (χ2n) is 7.06. The fourth-order valence-corrected chi connectivity index (χ4v) is 3.48. The first-order valence-corrected chi connectivity index (χ1v) is 9.97. The lowest BCUT2D eigenvalue weighted by Crippen LogP contribution is -2.22. The molecule has 1 heterocycles. The highest BCUT2D eigenvalue weighted by Gasteiger charge is 2.17. The van der Waals surface area contributed by atoms with Gasteiger partial charge in [-0.2, -0.15) is 5.10 Å². The van der Waals surface area contributed by atoms with Gasteiger partial charge in [0, 0.05) is 11.3 Å². The number of aromatic nitrogens is 2. The van der Waals surface area contributed by atoms with Crippen LogP contribution in [-0.2, 0) is 6.42 Å². The van der Waals surface area contributed by atoms with Crippen LogP contribution in [0, 0.1) is 13.8 Å². The third-order valence-corrected chi connectivity index (χ3v) is 5.03. The standard InChI is InChI=1S/C24H28N2O2/c1-4-5-7-14-21-18(2)25-26(19(21)3)24(27)17-28-23-16-11-10-15-22(23)20-12-8-6-9-13-20/h6,8-13,15-16H,4-5,7,14,17H2,1-3H3. The molecule has 0 amide bonds. The first-order chi connectivity index (χ1) is 13.6. The summed E-state index contributed by atoms with van der Waals surface area (Å²) in [4.78, 5) is 12.8. The van der Waals surface area contributed by atoms with Crippen molar-refractivity contribution in [1.82, 2.24) is 9.78 Å². The van der Waals surface area contributed by atoms with E-state index in [1.54, 1.807) is 0 Å². The van der Waals surface area contributed by atoms with E-state index >= 15 is 0 Å². The summed E-state index contributed by atoms with van der Waals surface area (Å²) in [5, 5.41) is 4.47. The molecule has 0 fully saturated rings. The predicted molar refractivity (Wildman–Crippen MR) is 113 cm³/mol. The maximum atomic E-state index is 12.8. The number of ether oxygens (including phenoxy) is 1. The Morgan fingerprint density at radius 1 is 1.00 bits per heavy atom. The molecule has 4 nitrogen and oxygen atoms in total. The Hall–Kier alpha value is -2.88. The lowest BCUT2D eigenvalue weighted by molar-refractivity contribution is 0.0818. The molecule has 28 heavy (non-hydrogen) atoms. The highest BCUT2D eigenvalue weighted by molar-refractivity contribution is 5.81. The predicted octanol–water partition coefficient (Wildman–Crippen LogP) is 5.62. The largest absolute Gasteiger partial charge is 0.483 e. The molecule has 0 atom stereocenters. The van der Waals surface area contributed by atoms with Crippen LogP contribution in [0.3, 0.4) is 0 Å². The fourth-order valence-electron chi connectivity index (χ4n) is 3.48. The molecule has 4 heteroatoms. The first kappa shape index (κ1) is 19.9. The van der Waals surface area contributed by atoms with Crippen LogP contribution < -0.4 is 4.74 Å². The topological polar surface area (TPSA) is 44.1 Å². The lowest BCUT2D eigenvalue weighted by Gasteiger charge is -2.11. The van der Waals surface area contributed by atoms with Crippen LogP contribution >= 0.6 is 0 Å². The molecule has 3 aromatic rings. The van der Waals surface area contributed by atoms with Crippen LogP contribution in [0.2, 0.25) is 0 Å². The van der Waals surface area contributed by atoms with Crippen molar-refractivity contribution >= 4 is 5.91 Å². The molecule has 0 saturated heterocycles. The molecule has 0 spiro atoms. The van der Waals surface area contributed by atoms with Gasteiger partial charge < -0.3 is 4.74 Å². The van der Waals surface area contributed by atoms with Crippen molar-refractivity contribution in [2.45, 2.75) is 46.5 Å². The maximum Gasteiger partial charge on any atom is 0.284 e. The van der Waals surface area contributed by atoms with Gasteiger partial charge in [-0.3, -0.25) is 4.79 Å². The number of rotatable bonds is 8. The highest BCUT2D eigenvalue weighted by atomic mass is 16.5. The Bertz CT molecular complexity index is 929. The Kier molecular flexibility index (Phi) is 6.64. The first-order valence-electron chi connectivity index (χ1n) is 9.97. The van der Waals surface area contributed by atoms with Crippen molar-refractivity contribution < 1.29 is 9.53 Å². The van der Waals surface area contributed by atoms with Crippen molar-refractivity contribution in [3.05, 3.63) is 71.5 Å². The van der Waals surface area contributed by atoms with E-state index in [-0.39, 0.29) is 12.5 Å². The average molecular weight is 377 g/mol. The summed E-state index contributed by atoms with van der Waals surface area (Å²) in [6.07, 6.45) is 4.46. The van der Waals surface area contributed by atoms with Crippen LogP contribution in [0.4, 0.5) is 0 Å². The molecule has 0 aliphatic heterocycles. The lowest BCUT2D eigenvalue weighted by atomic mass is 10.1. The minimum absolute atomic E-state index is 0.0415. The number of hydrogen-bond acceptors (Lipinski definition) is 3. The van der Waals surface area contributed by atoms with Gasteiger partial charge in [-0.15, -0.1) is 0 Å². The van der Waals surface area contributed by atoms with Crippen LogP contribution in [0.15, 0.2) is 54.6 Å². The maximum absolute atomic E-state index is 12.8. The van der Waals surface area contributed by atoms with Gasteiger partial charge in [0.1, 0.15) is 5.75 Å². The summed E-state index contributed by atoms with van der Waals surface area (Å²) in [5.41, 5.74) is 5.09. The summed E-state index contributed by atoms with van der Waals surface area (Å²) in [5.74, 6) is 0.553. The summed E-state index contributed by atoms with van der Waals surface area (Å²) in [7, 11) is 0. The quantitative estimate of drug-likeness (QED) is 0.479. The number of unbranched alkanes of at least 4 members (excludes halogenated alkanes) is 2. The molecular formula is C24H28N2O2. The minimum Gasteiger partial charge on any atom is -0.483 e. The molecule has 0 saturated carbocycles. The smallest absolute Gasteiger partial charge is 0.284 e. The number of benzene rings is 2. The summed E-state index contributed by atoms with van der Waals surface area (Å²) >= 11 is 0.